The lowest BCUT2D eigenvalue weighted by Gasteiger charge is -1.96. The van der Waals surface area contributed by atoms with E-state index in [9.17, 15) is 13.2 Å². The van der Waals surface area contributed by atoms with Gasteiger partial charge in [-0.25, -0.2) is 8.42 Å². The van der Waals surface area contributed by atoms with Crippen LogP contribution in [0.5, 0.6) is 0 Å². The molecule has 1 heterocycles. The van der Waals surface area contributed by atoms with Crippen molar-refractivity contribution in [3.8, 4) is 0 Å². The molecular weight excluding hydrogens is 210 g/mol. The molecular formula is C7H9NO5S. The number of carbonyl (C=O) groups is 1. The van der Waals surface area contributed by atoms with E-state index in [-0.39, 0.29) is 5.76 Å². The van der Waals surface area contributed by atoms with Gasteiger partial charge in [0.25, 0.3) is 0 Å². The highest BCUT2D eigenvalue weighted by atomic mass is 32.2. The van der Waals surface area contributed by atoms with Crippen LogP contribution in [0, 0.1) is 6.92 Å². The summed E-state index contributed by atoms with van der Waals surface area (Å²) in [7, 11) is -3.65. The van der Waals surface area contributed by atoms with Gasteiger partial charge in [0, 0.05) is 6.07 Å². The highest BCUT2D eigenvalue weighted by Gasteiger charge is 2.18. The first-order valence-electron chi connectivity index (χ1n) is 3.73. The molecule has 0 saturated carbocycles. The van der Waals surface area contributed by atoms with Gasteiger partial charge in [-0.2, -0.15) is 0 Å². The standard InChI is InChI=1S/C7H9NO5S/c1-5-2-6(13-8-5)3-14(11,12)4-7(9)10/h2H,3-4H2,1H3,(H,9,10). The van der Waals surface area contributed by atoms with Gasteiger partial charge in [0.1, 0.15) is 11.5 Å². The minimum Gasteiger partial charge on any atom is -0.480 e. The predicted octanol–water partition coefficient (Wildman–Crippen LogP) is -0.0176. The molecule has 0 spiro atoms. The van der Waals surface area contributed by atoms with Gasteiger partial charge in [-0.1, -0.05) is 5.16 Å². The summed E-state index contributed by atoms with van der Waals surface area (Å²) in [5.41, 5.74) is 0.561. The van der Waals surface area contributed by atoms with E-state index in [0.29, 0.717) is 5.69 Å². The maximum atomic E-state index is 11.2. The Labute approximate surface area is 80.4 Å². The normalized spacial score (nSPS) is 11.5. The molecule has 0 unspecified atom stereocenters. The minimum absolute atomic E-state index is 0.156. The molecule has 0 radical (unpaired) electrons. The molecule has 14 heavy (non-hydrogen) atoms. The van der Waals surface area contributed by atoms with E-state index in [1.165, 1.54) is 6.07 Å². The van der Waals surface area contributed by atoms with Crippen LogP contribution in [0.25, 0.3) is 0 Å². The third-order valence-electron chi connectivity index (χ3n) is 1.38. The second kappa shape index (κ2) is 3.79. The molecule has 1 aromatic rings. The smallest absolute Gasteiger partial charge is 0.318 e. The third kappa shape index (κ3) is 3.17. The lowest BCUT2D eigenvalue weighted by Crippen LogP contribution is -2.16. The number of carboxylic acids is 1. The Balaban J connectivity index is 2.73. The molecule has 0 aliphatic carbocycles. The van der Waals surface area contributed by atoms with Crippen LogP contribution in [0.4, 0.5) is 0 Å². The quantitative estimate of drug-likeness (QED) is 0.764. The highest BCUT2D eigenvalue weighted by Crippen LogP contribution is 2.07. The van der Waals surface area contributed by atoms with Gasteiger partial charge >= 0.3 is 5.97 Å². The third-order valence-corrected chi connectivity index (χ3v) is 2.79. The first-order chi connectivity index (χ1) is 6.39. The van der Waals surface area contributed by atoms with E-state index >= 15 is 0 Å². The molecule has 0 aromatic carbocycles. The van der Waals surface area contributed by atoms with Crippen molar-refractivity contribution >= 4 is 15.8 Å². The van der Waals surface area contributed by atoms with E-state index in [1.807, 2.05) is 0 Å². The van der Waals surface area contributed by atoms with Crippen LogP contribution in [0.1, 0.15) is 11.5 Å². The molecule has 0 fully saturated rings. The Bertz CT molecular complexity index is 433. The topological polar surface area (TPSA) is 97.5 Å². The van der Waals surface area contributed by atoms with Gasteiger partial charge in [0.15, 0.2) is 15.6 Å². The van der Waals surface area contributed by atoms with Gasteiger partial charge in [0.2, 0.25) is 0 Å². The summed E-state index contributed by atoms with van der Waals surface area (Å²) in [6.07, 6.45) is 0. The summed E-state index contributed by atoms with van der Waals surface area (Å²) >= 11 is 0. The second-order valence-corrected chi connectivity index (χ2v) is 4.93. The zero-order valence-corrected chi connectivity index (χ0v) is 8.24. The summed E-state index contributed by atoms with van der Waals surface area (Å²) in [4.78, 5) is 10.2. The summed E-state index contributed by atoms with van der Waals surface area (Å²) in [6.45, 7) is 1.65. The number of hydrogen-bond acceptors (Lipinski definition) is 5. The molecule has 1 rings (SSSR count). The number of aromatic nitrogens is 1. The average Bonchev–Trinajstić information content (AvgIpc) is 2.30. The molecule has 1 aromatic heterocycles. The Kier molecular flexibility index (Phi) is 2.90. The monoisotopic (exact) mass is 219 g/mol. The number of rotatable bonds is 4. The summed E-state index contributed by atoms with van der Waals surface area (Å²) < 4.78 is 27.0. The number of aryl methyl sites for hydroxylation is 1. The molecule has 6 nitrogen and oxygen atoms in total. The van der Waals surface area contributed by atoms with Crippen molar-refractivity contribution < 1.29 is 22.8 Å². The summed E-state index contributed by atoms with van der Waals surface area (Å²) in [5, 5.41) is 11.8. The van der Waals surface area contributed by atoms with Crippen molar-refractivity contribution in [1.82, 2.24) is 5.16 Å². The summed E-state index contributed by atoms with van der Waals surface area (Å²) in [6, 6.07) is 1.46. The number of aliphatic carboxylic acids is 1. The predicted molar refractivity (Wildman–Crippen MR) is 46.4 cm³/mol. The second-order valence-electron chi connectivity index (χ2n) is 2.86. The van der Waals surface area contributed by atoms with Crippen LogP contribution in [-0.2, 0) is 20.4 Å². The maximum Gasteiger partial charge on any atom is 0.318 e. The molecule has 0 aliphatic heterocycles. The zero-order valence-electron chi connectivity index (χ0n) is 7.43. The van der Waals surface area contributed by atoms with Crippen LogP contribution in [0.3, 0.4) is 0 Å². The van der Waals surface area contributed by atoms with Gasteiger partial charge in [-0.3, -0.25) is 4.79 Å². The Morgan fingerprint density at radius 1 is 1.64 bits per heavy atom. The van der Waals surface area contributed by atoms with Gasteiger partial charge in [0.05, 0.1) is 5.69 Å². The first-order valence-corrected chi connectivity index (χ1v) is 5.55. The van der Waals surface area contributed by atoms with Gasteiger partial charge < -0.3 is 9.63 Å². The van der Waals surface area contributed by atoms with Crippen molar-refractivity contribution in [3.63, 3.8) is 0 Å². The average molecular weight is 219 g/mol. The van der Waals surface area contributed by atoms with Crippen LogP contribution < -0.4 is 0 Å². The molecule has 0 amide bonds. The van der Waals surface area contributed by atoms with E-state index in [1.54, 1.807) is 6.92 Å². The zero-order chi connectivity index (χ0) is 10.8. The number of nitrogens with zero attached hydrogens (tertiary/aromatic N) is 1. The van der Waals surface area contributed by atoms with Crippen molar-refractivity contribution in [3.05, 3.63) is 17.5 Å². The van der Waals surface area contributed by atoms with E-state index in [2.05, 4.69) is 9.68 Å². The fourth-order valence-corrected chi connectivity index (χ4v) is 1.99. The number of hydrogen-bond donors (Lipinski definition) is 1. The lowest BCUT2D eigenvalue weighted by atomic mass is 10.4. The first kappa shape index (κ1) is 10.7. The van der Waals surface area contributed by atoms with Crippen LogP contribution in [0.2, 0.25) is 0 Å². The van der Waals surface area contributed by atoms with Gasteiger partial charge in [-0.05, 0) is 6.92 Å². The Morgan fingerprint density at radius 2 is 2.29 bits per heavy atom. The van der Waals surface area contributed by atoms with E-state index in [0.717, 1.165) is 0 Å². The fraction of sp³-hybridized carbons (Fsp3) is 0.429. The maximum absolute atomic E-state index is 11.2. The van der Waals surface area contributed by atoms with Crippen LogP contribution >= 0.6 is 0 Å². The van der Waals surface area contributed by atoms with Crippen LogP contribution in [0.15, 0.2) is 10.6 Å². The number of carboxylic acid groups (broad SMARTS) is 1. The molecule has 0 atom stereocenters. The Morgan fingerprint density at radius 3 is 2.71 bits per heavy atom. The lowest BCUT2D eigenvalue weighted by molar-refractivity contribution is -0.134. The molecule has 1 N–H and O–H groups in total. The molecule has 78 valence electrons. The molecule has 0 aliphatic rings. The van der Waals surface area contributed by atoms with Crippen molar-refractivity contribution in [1.29, 1.82) is 0 Å². The minimum atomic E-state index is -3.65. The molecule has 0 saturated heterocycles. The van der Waals surface area contributed by atoms with Crippen molar-refractivity contribution in [2.24, 2.45) is 0 Å². The molecule has 0 bridgehead atoms. The van der Waals surface area contributed by atoms with E-state index < -0.39 is 27.3 Å². The largest absolute Gasteiger partial charge is 0.480 e. The molecule has 7 heteroatoms. The van der Waals surface area contributed by atoms with Crippen molar-refractivity contribution in [2.75, 3.05) is 5.75 Å². The highest BCUT2D eigenvalue weighted by molar-refractivity contribution is 7.91. The number of sulfone groups is 1. The SMILES string of the molecule is Cc1cc(CS(=O)(=O)CC(=O)O)on1. The Hall–Kier alpha value is -1.37. The van der Waals surface area contributed by atoms with E-state index in [4.69, 9.17) is 5.11 Å². The summed E-state index contributed by atoms with van der Waals surface area (Å²) in [5.74, 6) is -2.54. The van der Waals surface area contributed by atoms with Crippen molar-refractivity contribution in [2.45, 2.75) is 12.7 Å². The van der Waals surface area contributed by atoms with Gasteiger partial charge in [-0.15, -0.1) is 0 Å². The fourth-order valence-electron chi connectivity index (χ4n) is 0.940. The van der Waals surface area contributed by atoms with Crippen LogP contribution in [-0.4, -0.2) is 30.4 Å².